The summed E-state index contributed by atoms with van der Waals surface area (Å²) < 4.78 is 13.7. The predicted octanol–water partition coefficient (Wildman–Crippen LogP) is 3.68. The first-order valence-electron chi connectivity index (χ1n) is 8.23. The van der Waals surface area contributed by atoms with Crippen molar-refractivity contribution < 1.29 is 19.1 Å². The van der Waals surface area contributed by atoms with Gasteiger partial charge in [0.2, 0.25) is 0 Å². The van der Waals surface area contributed by atoms with Crippen molar-refractivity contribution in [2.45, 2.75) is 12.5 Å². The summed E-state index contributed by atoms with van der Waals surface area (Å²) in [5.74, 6) is -1.87. The summed E-state index contributed by atoms with van der Waals surface area (Å²) >= 11 is 6.06. The summed E-state index contributed by atoms with van der Waals surface area (Å²) in [7, 11) is 0. The zero-order valence-corrected chi connectivity index (χ0v) is 14.6. The minimum absolute atomic E-state index is 0.159. The summed E-state index contributed by atoms with van der Waals surface area (Å²) in [5.41, 5.74) is 1.29. The first-order chi connectivity index (χ1) is 12.4. The molecule has 3 rings (SSSR count). The molecule has 1 fully saturated rings. The van der Waals surface area contributed by atoms with E-state index in [0.717, 1.165) is 0 Å². The molecule has 7 heteroatoms. The third kappa shape index (κ3) is 4.14. The number of urea groups is 1. The molecule has 26 heavy (non-hydrogen) atoms. The Bertz CT molecular complexity index is 784. The van der Waals surface area contributed by atoms with E-state index in [9.17, 15) is 14.0 Å². The van der Waals surface area contributed by atoms with Crippen LogP contribution in [-0.2, 0) is 4.79 Å². The molecule has 2 N–H and O–H groups in total. The summed E-state index contributed by atoms with van der Waals surface area (Å²) in [6.45, 7) is 0.529. The van der Waals surface area contributed by atoms with Crippen molar-refractivity contribution in [1.29, 1.82) is 0 Å². The van der Waals surface area contributed by atoms with Crippen LogP contribution in [0.5, 0.6) is 0 Å². The molecule has 1 aliphatic rings. The molecular weight excluding hydrogens is 359 g/mol. The Morgan fingerprint density at radius 2 is 1.88 bits per heavy atom. The average molecular weight is 377 g/mol. The van der Waals surface area contributed by atoms with Crippen molar-refractivity contribution in [2.75, 3.05) is 13.1 Å². The molecule has 0 radical (unpaired) electrons. The summed E-state index contributed by atoms with van der Waals surface area (Å²) in [5, 5.41) is 12.5. The second-order valence-electron chi connectivity index (χ2n) is 6.26. The maximum Gasteiger partial charge on any atom is 0.318 e. The minimum atomic E-state index is -0.906. The van der Waals surface area contributed by atoms with E-state index in [2.05, 4.69) is 5.32 Å². The SMILES string of the molecule is O=C(O)C1CCN(C(=O)NC(c2cccc(F)c2)c2cccc(Cl)c2)C1. The van der Waals surface area contributed by atoms with Crippen molar-refractivity contribution in [3.05, 3.63) is 70.5 Å². The lowest BCUT2D eigenvalue weighted by Gasteiger charge is -2.24. The number of amides is 2. The number of benzene rings is 2. The first kappa shape index (κ1) is 18.2. The number of likely N-dealkylation sites (tertiary alicyclic amines) is 1. The van der Waals surface area contributed by atoms with E-state index in [4.69, 9.17) is 16.7 Å². The summed E-state index contributed by atoms with van der Waals surface area (Å²) in [4.78, 5) is 25.2. The Morgan fingerprint density at radius 1 is 1.19 bits per heavy atom. The van der Waals surface area contributed by atoms with E-state index >= 15 is 0 Å². The number of rotatable bonds is 4. The van der Waals surface area contributed by atoms with Crippen LogP contribution in [0.25, 0.3) is 0 Å². The van der Waals surface area contributed by atoms with Crippen LogP contribution >= 0.6 is 11.6 Å². The number of aliphatic carboxylic acids is 1. The normalized spacial score (nSPS) is 17.8. The van der Waals surface area contributed by atoms with Crippen LogP contribution in [0, 0.1) is 11.7 Å². The lowest BCUT2D eigenvalue weighted by Crippen LogP contribution is -2.41. The Labute approximate surface area is 155 Å². The number of hydrogen-bond acceptors (Lipinski definition) is 2. The highest BCUT2D eigenvalue weighted by Gasteiger charge is 2.32. The van der Waals surface area contributed by atoms with Crippen LogP contribution in [0.1, 0.15) is 23.6 Å². The number of nitrogens with zero attached hydrogens (tertiary/aromatic N) is 1. The highest BCUT2D eigenvalue weighted by molar-refractivity contribution is 6.30. The van der Waals surface area contributed by atoms with Gasteiger partial charge in [-0.1, -0.05) is 35.9 Å². The molecule has 2 amide bonds. The third-order valence-corrected chi connectivity index (χ3v) is 4.69. The third-order valence-electron chi connectivity index (χ3n) is 4.46. The average Bonchev–Trinajstić information content (AvgIpc) is 3.10. The van der Waals surface area contributed by atoms with Gasteiger partial charge in [-0.15, -0.1) is 0 Å². The fourth-order valence-electron chi connectivity index (χ4n) is 3.09. The van der Waals surface area contributed by atoms with Crippen molar-refractivity contribution in [3.8, 4) is 0 Å². The van der Waals surface area contributed by atoms with Gasteiger partial charge < -0.3 is 15.3 Å². The zero-order valence-electron chi connectivity index (χ0n) is 13.9. The highest BCUT2D eigenvalue weighted by atomic mass is 35.5. The maximum atomic E-state index is 13.7. The van der Waals surface area contributed by atoms with Crippen LogP contribution in [0.2, 0.25) is 5.02 Å². The molecule has 1 aliphatic heterocycles. The Kier molecular flexibility index (Phi) is 5.42. The van der Waals surface area contributed by atoms with Gasteiger partial charge in [-0.05, 0) is 41.8 Å². The molecule has 0 spiro atoms. The second kappa shape index (κ2) is 7.74. The summed E-state index contributed by atoms with van der Waals surface area (Å²) in [6, 6.07) is 12.0. The van der Waals surface area contributed by atoms with Crippen molar-refractivity contribution in [1.82, 2.24) is 10.2 Å². The molecule has 2 aromatic rings. The zero-order chi connectivity index (χ0) is 18.7. The number of carbonyl (C=O) groups excluding carboxylic acids is 1. The maximum absolute atomic E-state index is 13.7. The van der Waals surface area contributed by atoms with Gasteiger partial charge in [-0.3, -0.25) is 4.79 Å². The number of hydrogen-bond donors (Lipinski definition) is 2. The first-order valence-corrected chi connectivity index (χ1v) is 8.61. The topological polar surface area (TPSA) is 69.6 Å². The van der Waals surface area contributed by atoms with E-state index in [1.54, 1.807) is 36.4 Å². The smallest absolute Gasteiger partial charge is 0.318 e. The van der Waals surface area contributed by atoms with E-state index in [-0.39, 0.29) is 12.6 Å². The van der Waals surface area contributed by atoms with Crippen molar-refractivity contribution >= 4 is 23.6 Å². The lowest BCUT2D eigenvalue weighted by molar-refractivity contribution is -0.141. The van der Waals surface area contributed by atoms with Crippen LogP contribution in [0.15, 0.2) is 48.5 Å². The number of halogens is 2. The lowest BCUT2D eigenvalue weighted by atomic mass is 9.98. The number of carbonyl (C=O) groups is 2. The minimum Gasteiger partial charge on any atom is -0.481 e. The van der Waals surface area contributed by atoms with Gasteiger partial charge in [-0.2, -0.15) is 0 Å². The standard InChI is InChI=1S/C19H18ClFN2O3/c20-15-5-1-3-12(9-15)17(13-4-2-6-16(21)10-13)22-19(26)23-8-7-14(11-23)18(24)25/h1-6,9-10,14,17H,7-8,11H2,(H,22,26)(H,24,25). The monoisotopic (exact) mass is 376 g/mol. The van der Waals surface area contributed by atoms with E-state index in [1.807, 2.05) is 0 Å². The van der Waals surface area contributed by atoms with Gasteiger partial charge >= 0.3 is 12.0 Å². The van der Waals surface area contributed by atoms with Gasteiger partial charge in [0.25, 0.3) is 0 Å². The number of carboxylic acid groups (broad SMARTS) is 1. The molecule has 0 bridgehead atoms. The Morgan fingerprint density at radius 3 is 2.50 bits per heavy atom. The van der Waals surface area contributed by atoms with Gasteiger partial charge in [0.05, 0.1) is 12.0 Å². The fourth-order valence-corrected chi connectivity index (χ4v) is 3.29. The van der Waals surface area contributed by atoms with E-state index in [1.165, 1.54) is 17.0 Å². The number of carboxylic acids is 1. The van der Waals surface area contributed by atoms with Gasteiger partial charge in [0.1, 0.15) is 5.82 Å². The molecule has 0 aliphatic carbocycles. The molecule has 136 valence electrons. The van der Waals surface area contributed by atoms with Crippen LogP contribution in [0.3, 0.4) is 0 Å². The molecule has 2 unspecified atom stereocenters. The van der Waals surface area contributed by atoms with Crippen molar-refractivity contribution in [3.63, 3.8) is 0 Å². The van der Waals surface area contributed by atoms with Crippen molar-refractivity contribution in [2.24, 2.45) is 5.92 Å². The molecular formula is C19H18ClFN2O3. The van der Waals surface area contributed by atoms with Gasteiger partial charge in [0.15, 0.2) is 0 Å². The molecule has 2 aromatic carbocycles. The van der Waals surface area contributed by atoms with Crippen LogP contribution in [-0.4, -0.2) is 35.1 Å². The quantitative estimate of drug-likeness (QED) is 0.855. The number of nitrogens with one attached hydrogen (secondary N) is 1. The Balaban J connectivity index is 1.84. The molecule has 1 heterocycles. The molecule has 0 saturated carbocycles. The van der Waals surface area contributed by atoms with Gasteiger partial charge in [-0.25, -0.2) is 9.18 Å². The molecule has 1 saturated heterocycles. The van der Waals surface area contributed by atoms with Crippen LogP contribution < -0.4 is 5.32 Å². The Hall–Kier alpha value is -2.60. The molecule has 5 nitrogen and oxygen atoms in total. The largest absolute Gasteiger partial charge is 0.481 e. The molecule has 2 atom stereocenters. The summed E-state index contributed by atoms with van der Waals surface area (Å²) in [6.07, 6.45) is 0.421. The van der Waals surface area contributed by atoms with Gasteiger partial charge in [0, 0.05) is 18.1 Å². The molecule has 0 aromatic heterocycles. The predicted molar refractivity (Wildman–Crippen MR) is 95.5 cm³/mol. The second-order valence-corrected chi connectivity index (χ2v) is 6.70. The fraction of sp³-hybridized carbons (Fsp3) is 0.263. The van der Waals surface area contributed by atoms with Crippen LogP contribution in [0.4, 0.5) is 9.18 Å². The van der Waals surface area contributed by atoms with E-state index < -0.39 is 23.7 Å². The van der Waals surface area contributed by atoms with E-state index in [0.29, 0.717) is 29.1 Å². The highest BCUT2D eigenvalue weighted by Crippen LogP contribution is 2.26.